The van der Waals surface area contributed by atoms with Crippen LogP contribution in [0.2, 0.25) is 0 Å². The Kier molecular flexibility index (Phi) is 29.9. The van der Waals surface area contributed by atoms with E-state index < -0.39 is 5.97 Å². The summed E-state index contributed by atoms with van der Waals surface area (Å²) in [6.07, 6.45) is 11.5. The molecule has 0 aliphatic heterocycles. The van der Waals surface area contributed by atoms with E-state index in [4.69, 9.17) is 5.11 Å². The van der Waals surface area contributed by atoms with E-state index in [9.17, 15) is 4.79 Å². The molecule has 88 valence electrons. The van der Waals surface area contributed by atoms with Crippen LogP contribution in [0.1, 0.15) is 74.0 Å². The number of aliphatic carboxylic acids is 1. The van der Waals surface area contributed by atoms with Crippen molar-refractivity contribution >= 4 is 5.97 Å². The Balaban J connectivity index is -0.000000141. The fraction of sp³-hybridized carbons (Fsp3) is 0.917. The minimum Gasteiger partial charge on any atom is -1.00 e. The molecule has 0 rings (SSSR count). The Hall–Kier alpha value is 2.74. The smallest absolute Gasteiger partial charge is 1.00 e. The predicted molar refractivity (Wildman–Crippen MR) is 61.7 cm³/mol. The van der Waals surface area contributed by atoms with Crippen molar-refractivity contribution in [3.63, 3.8) is 0 Å². The van der Waals surface area contributed by atoms with Crippen LogP contribution in [0.5, 0.6) is 0 Å². The number of rotatable bonds is 10. The molecule has 0 spiro atoms. The quantitative estimate of drug-likeness (QED) is 0.380. The molecule has 0 aliphatic carbocycles. The van der Waals surface area contributed by atoms with E-state index in [0.29, 0.717) is 6.42 Å². The van der Waals surface area contributed by atoms with E-state index in [1.807, 2.05) is 0 Å². The van der Waals surface area contributed by atoms with Crippen molar-refractivity contribution in [2.45, 2.75) is 71.1 Å². The summed E-state index contributed by atoms with van der Waals surface area (Å²) in [6, 6.07) is 0. The van der Waals surface area contributed by atoms with Crippen molar-refractivity contribution in [3.05, 3.63) is 0 Å². The summed E-state index contributed by atoms with van der Waals surface area (Å²) < 4.78 is 0. The second-order valence-corrected chi connectivity index (χ2v) is 3.97. The number of hydrogen-bond acceptors (Lipinski definition) is 1. The molecule has 0 saturated carbocycles. The van der Waals surface area contributed by atoms with Crippen LogP contribution in [0.3, 0.4) is 0 Å². The molecule has 0 aromatic rings. The van der Waals surface area contributed by atoms with Crippen molar-refractivity contribution in [2.24, 2.45) is 0 Å². The van der Waals surface area contributed by atoms with Crippen LogP contribution >= 0.6 is 0 Å². The molecule has 16 heavy (non-hydrogen) atoms. The zero-order valence-corrected chi connectivity index (χ0v) is 17.7. The van der Waals surface area contributed by atoms with Crippen molar-refractivity contribution in [1.29, 1.82) is 0 Å². The van der Waals surface area contributed by atoms with E-state index in [2.05, 4.69) is 6.92 Å². The van der Waals surface area contributed by atoms with Gasteiger partial charge in [0.15, 0.2) is 0 Å². The molecule has 0 saturated heterocycles. The third kappa shape index (κ3) is 22.0. The third-order valence-corrected chi connectivity index (χ3v) is 2.49. The SMILES string of the molecule is CCCCCCCCCCCC(=O)O.[H-].[H-].[K+].[K+]. The second kappa shape index (κ2) is 20.1. The van der Waals surface area contributed by atoms with Crippen molar-refractivity contribution in [1.82, 2.24) is 0 Å². The van der Waals surface area contributed by atoms with Gasteiger partial charge >= 0.3 is 109 Å². The molecule has 0 aromatic carbocycles. The van der Waals surface area contributed by atoms with Gasteiger partial charge in [0.05, 0.1) is 0 Å². The van der Waals surface area contributed by atoms with Crippen LogP contribution in [0.4, 0.5) is 0 Å². The molecule has 0 atom stereocenters. The molecule has 0 aliphatic rings. The summed E-state index contributed by atoms with van der Waals surface area (Å²) in [6.45, 7) is 2.23. The monoisotopic (exact) mass is 280 g/mol. The van der Waals surface area contributed by atoms with E-state index >= 15 is 0 Å². The number of unbranched alkanes of at least 4 members (excludes halogenated alkanes) is 8. The first kappa shape index (κ1) is 23.8. The Morgan fingerprint density at radius 2 is 1.25 bits per heavy atom. The molecule has 0 bridgehead atoms. The van der Waals surface area contributed by atoms with Crippen LogP contribution in [0.25, 0.3) is 0 Å². The Morgan fingerprint density at radius 1 is 0.875 bits per heavy atom. The predicted octanol–water partition coefficient (Wildman–Crippen LogP) is -1.78. The summed E-state index contributed by atoms with van der Waals surface area (Å²) in [5, 5.41) is 8.41. The first-order chi connectivity index (χ1) is 6.77. The standard InChI is InChI=1S/C12H24O2.2K.2H/c1-2-3-4-5-6-7-8-9-10-11-12(13)14;;;;/h2-11H2,1H3,(H,13,14);;;;/q;2*+1;2*-1. The minimum absolute atomic E-state index is 0. The molecule has 0 amide bonds. The summed E-state index contributed by atoms with van der Waals surface area (Å²) in [5.41, 5.74) is 0. The third-order valence-electron chi connectivity index (χ3n) is 2.49. The maximum Gasteiger partial charge on any atom is 1.00 e. The topological polar surface area (TPSA) is 37.3 Å². The van der Waals surface area contributed by atoms with Gasteiger partial charge in [0.1, 0.15) is 0 Å². The van der Waals surface area contributed by atoms with E-state index in [1.54, 1.807) is 0 Å². The zero-order chi connectivity index (χ0) is 10.6. The fourth-order valence-electron chi connectivity index (χ4n) is 1.59. The van der Waals surface area contributed by atoms with Gasteiger partial charge < -0.3 is 7.96 Å². The van der Waals surface area contributed by atoms with Gasteiger partial charge in [0.2, 0.25) is 0 Å². The van der Waals surface area contributed by atoms with Gasteiger partial charge in [0, 0.05) is 6.42 Å². The number of carboxylic acid groups (broad SMARTS) is 1. The van der Waals surface area contributed by atoms with E-state index in [-0.39, 0.29) is 106 Å². The largest absolute Gasteiger partial charge is 1.00 e. The molecule has 0 unspecified atom stereocenters. The number of carboxylic acids is 1. The number of hydrogen-bond donors (Lipinski definition) is 1. The molecule has 4 heteroatoms. The molecule has 0 fully saturated rings. The van der Waals surface area contributed by atoms with E-state index in [1.165, 1.54) is 44.9 Å². The summed E-state index contributed by atoms with van der Waals surface area (Å²) >= 11 is 0. The van der Waals surface area contributed by atoms with Gasteiger partial charge in [-0.05, 0) is 6.42 Å². The van der Waals surface area contributed by atoms with Crippen LogP contribution in [0, 0.1) is 0 Å². The average molecular weight is 281 g/mol. The first-order valence-electron chi connectivity index (χ1n) is 5.99. The Bertz CT molecular complexity index is 150. The molecule has 1 N–H and O–H groups in total. The zero-order valence-electron chi connectivity index (χ0n) is 13.4. The van der Waals surface area contributed by atoms with Crippen LogP contribution < -0.4 is 103 Å². The van der Waals surface area contributed by atoms with Gasteiger partial charge in [-0.2, -0.15) is 0 Å². The first-order valence-corrected chi connectivity index (χ1v) is 5.99. The van der Waals surface area contributed by atoms with Crippen LogP contribution in [0.15, 0.2) is 0 Å². The van der Waals surface area contributed by atoms with E-state index in [0.717, 1.165) is 12.8 Å². The van der Waals surface area contributed by atoms with Crippen LogP contribution in [-0.2, 0) is 4.79 Å². The van der Waals surface area contributed by atoms with Gasteiger partial charge in [0.25, 0.3) is 0 Å². The minimum atomic E-state index is -0.659. The van der Waals surface area contributed by atoms with Crippen molar-refractivity contribution in [2.75, 3.05) is 0 Å². The van der Waals surface area contributed by atoms with Gasteiger partial charge in [-0.3, -0.25) is 4.79 Å². The second-order valence-electron chi connectivity index (χ2n) is 3.97. The normalized spacial score (nSPS) is 9.06. The molecule has 0 heterocycles. The van der Waals surface area contributed by atoms with Gasteiger partial charge in [-0.25, -0.2) is 0 Å². The molecule has 2 nitrogen and oxygen atoms in total. The molecule has 0 radical (unpaired) electrons. The van der Waals surface area contributed by atoms with Gasteiger partial charge in [-0.15, -0.1) is 0 Å². The van der Waals surface area contributed by atoms with Crippen LogP contribution in [-0.4, -0.2) is 11.1 Å². The molecular weight excluding hydrogens is 254 g/mol. The maximum absolute atomic E-state index is 10.2. The average Bonchev–Trinajstić information content (AvgIpc) is 2.15. The Labute approximate surface area is 189 Å². The fourth-order valence-corrected chi connectivity index (χ4v) is 1.59. The number of carbonyl (C=O) groups is 1. The summed E-state index contributed by atoms with van der Waals surface area (Å²) in [5.74, 6) is -0.659. The summed E-state index contributed by atoms with van der Waals surface area (Å²) in [7, 11) is 0. The summed E-state index contributed by atoms with van der Waals surface area (Å²) in [4.78, 5) is 10.2. The maximum atomic E-state index is 10.2. The van der Waals surface area contributed by atoms with Gasteiger partial charge in [-0.1, -0.05) is 58.3 Å². The molecular formula is C12H26K2O2. The Morgan fingerprint density at radius 3 is 1.62 bits per heavy atom. The van der Waals surface area contributed by atoms with Crippen molar-refractivity contribution in [3.8, 4) is 0 Å². The van der Waals surface area contributed by atoms with Crippen molar-refractivity contribution < 1.29 is 116 Å². The molecule has 0 aromatic heterocycles.